The lowest BCUT2D eigenvalue weighted by molar-refractivity contribution is -0.117. The number of primary amides is 1. The Morgan fingerprint density at radius 2 is 1.67 bits per heavy atom. The molecule has 18 heavy (non-hydrogen) atoms. The van der Waals surface area contributed by atoms with Crippen LogP contribution in [0.2, 0.25) is 0 Å². The van der Waals surface area contributed by atoms with Gasteiger partial charge in [0.1, 0.15) is 0 Å². The molecule has 1 amide bonds. The molecule has 98 valence electrons. The predicted molar refractivity (Wildman–Crippen MR) is 77.5 cm³/mol. The molecule has 1 aromatic carbocycles. The molecule has 1 aromatic rings. The Morgan fingerprint density at radius 3 is 2.06 bits per heavy atom. The van der Waals surface area contributed by atoms with Crippen molar-refractivity contribution in [2.75, 3.05) is 0 Å². The van der Waals surface area contributed by atoms with E-state index in [-0.39, 0.29) is 5.91 Å². The molecule has 0 saturated carbocycles. The molecule has 0 bridgehead atoms. The van der Waals surface area contributed by atoms with E-state index in [1.807, 2.05) is 12.2 Å². The summed E-state index contributed by atoms with van der Waals surface area (Å²) >= 11 is 0. The van der Waals surface area contributed by atoms with Gasteiger partial charge in [0.05, 0.1) is 0 Å². The molecule has 1 rings (SSSR count). The van der Waals surface area contributed by atoms with Crippen LogP contribution >= 0.6 is 0 Å². The Morgan fingerprint density at radius 1 is 1.17 bits per heavy atom. The van der Waals surface area contributed by atoms with Crippen LogP contribution in [0, 0.1) is 0 Å². The summed E-state index contributed by atoms with van der Waals surface area (Å²) in [7, 11) is 0. The number of rotatable bonds is 5. The minimum atomic E-state index is -0.292. The molecule has 2 heteroatoms. The van der Waals surface area contributed by atoms with Crippen molar-refractivity contribution in [2.24, 2.45) is 5.73 Å². The van der Waals surface area contributed by atoms with Crippen LogP contribution in [-0.4, -0.2) is 5.91 Å². The summed E-state index contributed by atoms with van der Waals surface area (Å²) in [6, 6.07) is 6.41. The third-order valence-corrected chi connectivity index (χ3v) is 3.02. The maximum Gasteiger partial charge on any atom is 0.221 e. The van der Waals surface area contributed by atoms with Gasteiger partial charge in [-0.1, -0.05) is 58.0 Å². The van der Waals surface area contributed by atoms with Crippen LogP contribution in [0.4, 0.5) is 0 Å². The van der Waals surface area contributed by atoms with E-state index in [1.165, 1.54) is 16.7 Å². The van der Waals surface area contributed by atoms with Crippen molar-refractivity contribution in [3.63, 3.8) is 0 Å². The average Bonchev–Trinajstić information content (AvgIpc) is 2.28. The van der Waals surface area contributed by atoms with Crippen LogP contribution in [0.1, 0.15) is 62.6 Å². The summed E-state index contributed by atoms with van der Waals surface area (Å²) in [6.07, 6.45) is 4.19. The molecule has 0 unspecified atom stereocenters. The summed E-state index contributed by atoms with van der Waals surface area (Å²) in [6.45, 7) is 8.74. The first-order chi connectivity index (χ1) is 8.43. The highest BCUT2D eigenvalue weighted by Crippen LogP contribution is 2.28. The van der Waals surface area contributed by atoms with Crippen LogP contribution in [-0.2, 0) is 4.79 Å². The van der Waals surface area contributed by atoms with Gasteiger partial charge in [0, 0.05) is 6.42 Å². The van der Waals surface area contributed by atoms with E-state index < -0.39 is 0 Å². The molecule has 0 atom stereocenters. The molecule has 0 heterocycles. The average molecular weight is 245 g/mol. The van der Waals surface area contributed by atoms with Crippen molar-refractivity contribution < 1.29 is 4.79 Å². The molecule has 0 aliphatic rings. The maximum absolute atomic E-state index is 10.8. The quantitative estimate of drug-likeness (QED) is 0.842. The number of carbonyl (C=O) groups excluding carboxylic acids is 1. The molecule has 0 saturated heterocycles. The van der Waals surface area contributed by atoms with Gasteiger partial charge in [0.15, 0.2) is 0 Å². The van der Waals surface area contributed by atoms with E-state index in [9.17, 15) is 4.79 Å². The molecule has 0 aliphatic heterocycles. The number of benzene rings is 1. The Bertz CT molecular complexity index is 418. The van der Waals surface area contributed by atoms with E-state index >= 15 is 0 Å². The standard InChI is InChI=1S/C16H23NO/c1-11(2)13-7-5-8-14(12(3)4)15(13)9-6-10-16(17)18/h5-9,11-12H,10H2,1-4H3,(H2,17,18). The van der Waals surface area contributed by atoms with E-state index in [4.69, 9.17) is 5.73 Å². The summed E-state index contributed by atoms with van der Waals surface area (Å²) < 4.78 is 0. The minimum absolute atomic E-state index is 0.292. The lowest BCUT2D eigenvalue weighted by Crippen LogP contribution is -2.08. The topological polar surface area (TPSA) is 43.1 Å². The van der Waals surface area contributed by atoms with Gasteiger partial charge in [0.2, 0.25) is 5.91 Å². The Balaban J connectivity index is 3.18. The molecule has 0 fully saturated rings. The fourth-order valence-corrected chi connectivity index (χ4v) is 2.09. The first kappa shape index (κ1) is 14.5. The second-order valence-electron chi connectivity index (χ2n) is 5.23. The molecule has 0 radical (unpaired) electrons. The van der Waals surface area contributed by atoms with Crippen molar-refractivity contribution >= 4 is 12.0 Å². The van der Waals surface area contributed by atoms with Crippen molar-refractivity contribution in [1.82, 2.24) is 0 Å². The largest absolute Gasteiger partial charge is 0.369 e. The second kappa shape index (κ2) is 6.39. The van der Waals surface area contributed by atoms with Gasteiger partial charge in [-0.2, -0.15) is 0 Å². The zero-order chi connectivity index (χ0) is 13.7. The summed E-state index contributed by atoms with van der Waals surface area (Å²) in [4.78, 5) is 10.8. The molecule has 2 nitrogen and oxygen atoms in total. The monoisotopic (exact) mass is 245 g/mol. The first-order valence-corrected chi connectivity index (χ1v) is 6.51. The van der Waals surface area contributed by atoms with Gasteiger partial charge in [0.25, 0.3) is 0 Å². The van der Waals surface area contributed by atoms with Crippen molar-refractivity contribution in [3.8, 4) is 0 Å². The molecule has 0 aliphatic carbocycles. The molecule has 0 spiro atoms. The number of carbonyl (C=O) groups is 1. The molecule has 0 aromatic heterocycles. The van der Waals surface area contributed by atoms with Crippen LogP contribution in [0.25, 0.3) is 6.08 Å². The van der Waals surface area contributed by atoms with Gasteiger partial charge in [-0.25, -0.2) is 0 Å². The predicted octanol–water partition coefficient (Wildman–Crippen LogP) is 3.82. The van der Waals surface area contributed by atoms with Crippen LogP contribution in [0.3, 0.4) is 0 Å². The van der Waals surface area contributed by atoms with E-state index in [0.29, 0.717) is 18.3 Å². The highest BCUT2D eigenvalue weighted by molar-refractivity contribution is 5.77. The maximum atomic E-state index is 10.8. The molecular weight excluding hydrogens is 222 g/mol. The minimum Gasteiger partial charge on any atom is -0.369 e. The number of hydrogen-bond donors (Lipinski definition) is 1. The van der Waals surface area contributed by atoms with E-state index in [2.05, 4.69) is 45.9 Å². The van der Waals surface area contributed by atoms with E-state index in [1.54, 1.807) is 0 Å². The summed E-state index contributed by atoms with van der Waals surface area (Å²) in [5.41, 5.74) is 9.04. The first-order valence-electron chi connectivity index (χ1n) is 6.51. The third kappa shape index (κ3) is 3.73. The molecule has 2 N–H and O–H groups in total. The van der Waals surface area contributed by atoms with Crippen molar-refractivity contribution in [1.29, 1.82) is 0 Å². The lowest BCUT2D eigenvalue weighted by atomic mass is 9.88. The Labute approximate surface area is 110 Å². The normalized spacial score (nSPS) is 11.7. The van der Waals surface area contributed by atoms with E-state index in [0.717, 1.165) is 0 Å². The zero-order valence-electron chi connectivity index (χ0n) is 11.7. The highest BCUT2D eigenvalue weighted by atomic mass is 16.1. The third-order valence-electron chi connectivity index (χ3n) is 3.02. The Hall–Kier alpha value is -1.57. The van der Waals surface area contributed by atoms with Gasteiger partial charge in [-0.05, 0) is 28.5 Å². The number of amides is 1. The van der Waals surface area contributed by atoms with Gasteiger partial charge in [-0.15, -0.1) is 0 Å². The highest BCUT2D eigenvalue weighted by Gasteiger charge is 2.11. The summed E-state index contributed by atoms with van der Waals surface area (Å²) in [5.74, 6) is 0.647. The van der Waals surface area contributed by atoms with Gasteiger partial charge in [-0.3, -0.25) is 4.79 Å². The summed E-state index contributed by atoms with van der Waals surface area (Å²) in [5, 5.41) is 0. The number of hydrogen-bond acceptors (Lipinski definition) is 1. The fourth-order valence-electron chi connectivity index (χ4n) is 2.09. The van der Waals surface area contributed by atoms with Gasteiger partial charge < -0.3 is 5.73 Å². The second-order valence-corrected chi connectivity index (χ2v) is 5.23. The van der Waals surface area contributed by atoms with Crippen molar-refractivity contribution in [3.05, 3.63) is 41.0 Å². The van der Waals surface area contributed by atoms with Crippen molar-refractivity contribution in [2.45, 2.75) is 46.0 Å². The smallest absolute Gasteiger partial charge is 0.221 e. The van der Waals surface area contributed by atoms with Crippen LogP contribution in [0.5, 0.6) is 0 Å². The fraction of sp³-hybridized carbons (Fsp3) is 0.438. The lowest BCUT2D eigenvalue weighted by Gasteiger charge is -2.17. The Kier molecular flexibility index (Phi) is 5.14. The van der Waals surface area contributed by atoms with Crippen LogP contribution < -0.4 is 5.73 Å². The molecular formula is C16H23NO. The SMILES string of the molecule is CC(C)c1cccc(C(C)C)c1C=CCC(N)=O. The van der Waals surface area contributed by atoms with Gasteiger partial charge >= 0.3 is 0 Å². The zero-order valence-corrected chi connectivity index (χ0v) is 11.7. The number of nitrogens with two attached hydrogens (primary N) is 1. The van der Waals surface area contributed by atoms with Crippen LogP contribution in [0.15, 0.2) is 24.3 Å².